The van der Waals surface area contributed by atoms with Gasteiger partial charge < -0.3 is 4.74 Å². The predicted molar refractivity (Wildman–Crippen MR) is 64.1 cm³/mol. The molecular weight excluding hydrogens is 216 g/mol. The van der Waals surface area contributed by atoms with Crippen molar-refractivity contribution in [1.29, 1.82) is 5.26 Å². The molecule has 1 rings (SSSR count). The van der Waals surface area contributed by atoms with Crippen LogP contribution in [0.1, 0.15) is 18.1 Å². The Labute approximate surface area is 101 Å². The minimum absolute atomic E-state index is 0.230. The van der Waals surface area contributed by atoms with E-state index < -0.39 is 0 Å². The number of hydrogen-bond acceptors (Lipinski definition) is 4. The predicted octanol–water partition coefficient (Wildman–Crippen LogP) is 1.55. The molecule has 0 atom stereocenters. The fraction of sp³-hybridized carbons (Fsp3) is 0.385. The van der Waals surface area contributed by atoms with E-state index in [2.05, 4.69) is 6.07 Å². The minimum atomic E-state index is -0.230. The molecule has 1 aromatic rings. The molecule has 4 nitrogen and oxygen atoms in total. The van der Waals surface area contributed by atoms with E-state index in [9.17, 15) is 4.79 Å². The van der Waals surface area contributed by atoms with Crippen LogP contribution in [0.5, 0.6) is 0 Å². The van der Waals surface area contributed by atoms with Crippen molar-refractivity contribution in [3.8, 4) is 6.07 Å². The fourth-order valence-electron chi connectivity index (χ4n) is 1.53. The lowest BCUT2D eigenvalue weighted by Crippen LogP contribution is -2.27. The van der Waals surface area contributed by atoms with Crippen LogP contribution in [0.2, 0.25) is 0 Å². The number of nitrogens with zero attached hydrogens (tertiary/aromatic N) is 2. The average molecular weight is 232 g/mol. The number of carbonyl (C=O) groups excluding carboxylic acids is 1. The van der Waals surface area contributed by atoms with Gasteiger partial charge in [0.2, 0.25) is 0 Å². The normalized spacial score (nSPS) is 10.0. The summed E-state index contributed by atoms with van der Waals surface area (Å²) in [5.41, 5.74) is 1.64. The number of ether oxygens (including phenoxy) is 1. The molecule has 90 valence electrons. The van der Waals surface area contributed by atoms with Crippen LogP contribution in [0.3, 0.4) is 0 Å². The molecule has 4 heteroatoms. The van der Waals surface area contributed by atoms with Gasteiger partial charge in [0.05, 0.1) is 24.8 Å². The van der Waals surface area contributed by atoms with Gasteiger partial charge >= 0.3 is 5.97 Å². The smallest absolute Gasteiger partial charge is 0.320 e. The largest absolute Gasteiger partial charge is 0.465 e. The van der Waals surface area contributed by atoms with E-state index >= 15 is 0 Å². The molecule has 0 saturated carbocycles. The highest BCUT2D eigenvalue weighted by Gasteiger charge is 2.07. The van der Waals surface area contributed by atoms with Crippen LogP contribution in [0.15, 0.2) is 24.3 Å². The van der Waals surface area contributed by atoms with Gasteiger partial charge in [-0.1, -0.05) is 12.1 Å². The molecule has 0 bridgehead atoms. The Morgan fingerprint density at radius 3 is 2.94 bits per heavy atom. The number of rotatable bonds is 5. The molecule has 0 aliphatic rings. The SMILES string of the molecule is CCOC(=O)CN(C)Cc1cccc(C#N)c1. The Balaban J connectivity index is 2.53. The number of carbonyl (C=O) groups is 1. The molecule has 0 unspecified atom stereocenters. The monoisotopic (exact) mass is 232 g/mol. The van der Waals surface area contributed by atoms with E-state index in [0.29, 0.717) is 18.7 Å². The van der Waals surface area contributed by atoms with E-state index in [-0.39, 0.29) is 12.5 Å². The topological polar surface area (TPSA) is 53.3 Å². The van der Waals surface area contributed by atoms with Gasteiger partial charge in [0.25, 0.3) is 0 Å². The van der Waals surface area contributed by atoms with Gasteiger partial charge in [-0.15, -0.1) is 0 Å². The number of nitriles is 1. The van der Waals surface area contributed by atoms with Crippen molar-refractivity contribution < 1.29 is 9.53 Å². The second-order valence-electron chi connectivity index (χ2n) is 3.79. The van der Waals surface area contributed by atoms with Gasteiger partial charge in [0.15, 0.2) is 0 Å². The molecular formula is C13H16N2O2. The zero-order valence-electron chi connectivity index (χ0n) is 10.1. The summed E-state index contributed by atoms with van der Waals surface area (Å²) >= 11 is 0. The molecule has 0 heterocycles. The summed E-state index contributed by atoms with van der Waals surface area (Å²) in [4.78, 5) is 13.1. The van der Waals surface area contributed by atoms with Crippen LogP contribution in [0.4, 0.5) is 0 Å². The summed E-state index contributed by atoms with van der Waals surface area (Å²) in [5.74, 6) is -0.230. The van der Waals surface area contributed by atoms with Gasteiger partial charge in [-0.05, 0) is 31.7 Å². The summed E-state index contributed by atoms with van der Waals surface area (Å²) in [7, 11) is 1.84. The van der Waals surface area contributed by atoms with Gasteiger partial charge in [0.1, 0.15) is 0 Å². The van der Waals surface area contributed by atoms with Crippen LogP contribution >= 0.6 is 0 Å². The Bertz CT molecular complexity index is 424. The first-order valence-electron chi connectivity index (χ1n) is 5.49. The third-order valence-corrected chi connectivity index (χ3v) is 2.21. The van der Waals surface area contributed by atoms with Crippen molar-refractivity contribution in [1.82, 2.24) is 4.90 Å². The van der Waals surface area contributed by atoms with Crippen molar-refractivity contribution in [3.63, 3.8) is 0 Å². The first-order valence-corrected chi connectivity index (χ1v) is 5.49. The molecule has 1 aromatic carbocycles. The van der Waals surface area contributed by atoms with E-state index in [1.807, 2.05) is 30.1 Å². The number of benzene rings is 1. The van der Waals surface area contributed by atoms with E-state index in [1.165, 1.54) is 0 Å². The van der Waals surface area contributed by atoms with Crippen LogP contribution < -0.4 is 0 Å². The van der Waals surface area contributed by atoms with E-state index in [0.717, 1.165) is 5.56 Å². The standard InChI is InChI=1S/C13H16N2O2/c1-3-17-13(16)10-15(2)9-12-6-4-5-11(7-12)8-14/h4-7H,3,9-10H2,1-2H3. The number of hydrogen-bond donors (Lipinski definition) is 0. The Kier molecular flexibility index (Phi) is 5.18. The minimum Gasteiger partial charge on any atom is -0.465 e. The zero-order valence-corrected chi connectivity index (χ0v) is 10.1. The van der Waals surface area contributed by atoms with Gasteiger partial charge in [-0.25, -0.2) is 0 Å². The third kappa shape index (κ3) is 4.66. The van der Waals surface area contributed by atoms with Crippen LogP contribution in [0.25, 0.3) is 0 Å². The lowest BCUT2D eigenvalue weighted by molar-refractivity contribution is -0.144. The van der Waals surface area contributed by atoms with Crippen molar-refractivity contribution in [2.24, 2.45) is 0 Å². The molecule has 0 radical (unpaired) electrons. The molecule has 17 heavy (non-hydrogen) atoms. The first kappa shape index (κ1) is 13.2. The van der Waals surface area contributed by atoms with E-state index in [4.69, 9.17) is 10.00 Å². The van der Waals surface area contributed by atoms with Gasteiger partial charge in [-0.2, -0.15) is 5.26 Å². The number of esters is 1. The summed E-state index contributed by atoms with van der Waals surface area (Å²) in [6.07, 6.45) is 0. The highest BCUT2D eigenvalue weighted by atomic mass is 16.5. The van der Waals surface area contributed by atoms with Crippen molar-refractivity contribution in [2.45, 2.75) is 13.5 Å². The molecule has 0 spiro atoms. The molecule has 0 fully saturated rings. The van der Waals surface area contributed by atoms with Crippen molar-refractivity contribution in [3.05, 3.63) is 35.4 Å². The van der Waals surface area contributed by atoms with Crippen LogP contribution in [-0.2, 0) is 16.1 Å². The molecule has 0 saturated heterocycles. The maximum Gasteiger partial charge on any atom is 0.320 e. The lowest BCUT2D eigenvalue weighted by Gasteiger charge is -2.15. The van der Waals surface area contributed by atoms with Crippen LogP contribution in [0, 0.1) is 11.3 Å². The fourth-order valence-corrected chi connectivity index (χ4v) is 1.53. The molecule has 0 aromatic heterocycles. The molecule has 0 N–H and O–H groups in total. The third-order valence-electron chi connectivity index (χ3n) is 2.21. The van der Waals surface area contributed by atoms with Crippen molar-refractivity contribution >= 4 is 5.97 Å². The highest BCUT2D eigenvalue weighted by molar-refractivity contribution is 5.71. The summed E-state index contributed by atoms with van der Waals surface area (Å²) < 4.78 is 4.86. The maximum absolute atomic E-state index is 11.3. The maximum atomic E-state index is 11.3. The Hall–Kier alpha value is -1.86. The average Bonchev–Trinajstić information content (AvgIpc) is 2.29. The second-order valence-corrected chi connectivity index (χ2v) is 3.79. The summed E-state index contributed by atoms with van der Waals surface area (Å²) in [6.45, 7) is 3.06. The van der Waals surface area contributed by atoms with Gasteiger partial charge in [0, 0.05) is 6.54 Å². The highest BCUT2D eigenvalue weighted by Crippen LogP contribution is 2.06. The Morgan fingerprint density at radius 1 is 1.53 bits per heavy atom. The lowest BCUT2D eigenvalue weighted by atomic mass is 10.1. The zero-order chi connectivity index (χ0) is 12.7. The quantitative estimate of drug-likeness (QED) is 0.723. The Morgan fingerprint density at radius 2 is 2.29 bits per heavy atom. The molecule has 0 aliphatic carbocycles. The molecule has 0 aliphatic heterocycles. The number of likely N-dealkylation sites (N-methyl/N-ethyl adjacent to an activating group) is 1. The summed E-state index contributed by atoms with van der Waals surface area (Å²) in [6, 6.07) is 9.44. The molecule has 0 amide bonds. The summed E-state index contributed by atoms with van der Waals surface area (Å²) in [5, 5.41) is 8.77. The first-order chi connectivity index (χ1) is 8.15. The van der Waals surface area contributed by atoms with Crippen LogP contribution in [-0.4, -0.2) is 31.1 Å². The van der Waals surface area contributed by atoms with Gasteiger partial charge in [-0.3, -0.25) is 9.69 Å². The second kappa shape index (κ2) is 6.66. The van der Waals surface area contributed by atoms with Crippen molar-refractivity contribution in [2.75, 3.05) is 20.2 Å². The van der Waals surface area contributed by atoms with E-state index in [1.54, 1.807) is 13.0 Å².